The van der Waals surface area contributed by atoms with E-state index in [2.05, 4.69) is 10.1 Å². The predicted octanol–water partition coefficient (Wildman–Crippen LogP) is 7.26. The van der Waals surface area contributed by atoms with Gasteiger partial charge in [0, 0.05) is 21.0 Å². The first kappa shape index (κ1) is 21.4. The van der Waals surface area contributed by atoms with Crippen molar-refractivity contribution in [3.8, 4) is 22.9 Å². The normalized spacial score (nSPS) is 11.7. The first-order valence-electron chi connectivity index (χ1n) is 10.7. The maximum absolute atomic E-state index is 13.4. The van der Waals surface area contributed by atoms with Gasteiger partial charge < -0.3 is 8.83 Å². The zero-order valence-electron chi connectivity index (χ0n) is 18.0. The van der Waals surface area contributed by atoms with E-state index in [0.717, 1.165) is 10.9 Å². The molecule has 0 amide bonds. The van der Waals surface area contributed by atoms with Gasteiger partial charge in [-0.15, -0.1) is 0 Å². The molecule has 0 saturated carbocycles. The number of benzene rings is 3. The smallest absolute Gasteiger partial charge is 0.282 e. The van der Waals surface area contributed by atoms with Crippen molar-refractivity contribution in [3.63, 3.8) is 0 Å². The molecular formula is C27H15Cl2N3O3. The lowest BCUT2D eigenvalue weighted by atomic mass is 10.2. The van der Waals surface area contributed by atoms with E-state index in [1.54, 1.807) is 54.6 Å². The van der Waals surface area contributed by atoms with Crippen LogP contribution in [-0.4, -0.2) is 15.9 Å². The average Bonchev–Trinajstić information content (AvgIpc) is 3.50. The van der Waals surface area contributed by atoms with Crippen molar-refractivity contribution in [2.24, 2.45) is 5.10 Å². The van der Waals surface area contributed by atoms with Gasteiger partial charge in [-0.05, 0) is 60.7 Å². The van der Waals surface area contributed by atoms with Crippen LogP contribution in [0.5, 0.6) is 0 Å². The molecule has 3 aromatic heterocycles. The second kappa shape index (κ2) is 8.58. The van der Waals surface area contributed by atoms with E-state index in [1.165, 1.54) is 10.9 Å². The van der Waals surface area contributed by atoms with Gasteiger partial charge in [0.1, 0.15) is 17.1 Å². The summed E-state index contributed by atoms with van der Waals surface area (Å²) in [6, 6.07) is 25.1. The zero-order valence-corrected chi connectivity index (χ0v) is 19.5. The fourth-order valence-corrected chi connectivity index (χ4v) is 4.22. The van der Waals surface area contributed by atoms with Gasteiger partial charge in [-0.3, -0.25) is 4.79 Å². The Morgan fingerprint density at radius 1 is 0.829 bits per heavy atom. The van der Waals surface area contributed by atoms with Crippen molar-refractivity contribution in [1.82, 2.24) is 9.66 Å². The minimum Gasteiger partial charge on any atom is -0.455 e. The second-order valence-corrected chi connectivity index (χ2v) is 8.69. The number of halogens is 2. The summed E-state index contributed by atoms with van der Waals surface area (Å²) in [5.41, 5.74) is 1.67. The van der Waals surface area contributed by atoms with Gasteiger partial charge in [0.05, 0.1) is 17.1 Å². The van der Waals surface area contributed by atoms with E-state index in [4.69, 9.17) is 32.0 Å². The molecule has 0 aliphatic heterocycles. The molecule has 6 aromatic rings. The number of fused-ring (bicyclic) bond motifs is 2. The molecule has 3 heterocycles. The standard InChI is InChI=1S/C27H15Cl2N3O3/c28-18-5-3-4-16(12-18)23-11-9-20(34-23)15-30-32-26(31-22-7-2-1-6-21(22)27(32)33)25-14-17-13-19(29)8-10-24(17)35-25/h1-15H. The highest BCUT2D eigenvalue weighted by atomic mass is 35.5. The number of hydrogen-bond donors (Lipinski definition) is 0. The third-order valence-corrected chi connectivity index (χ3v) is 5.96. The van der Waals surface area contributed by atoms with Crippen LogP contribution in [0.1, 0.15) is 5.76 Å². The Balaban J connectivity index is 1.47. The zero-order chi connectivity index (χ0) is 23.9. The maximum Gasteiger partial charge on any atom is 0.282 e. The van der Waals surface area contributed by atoms with E-state index in [1.807, 2.05) is 30.3 Å². The molecule has 6 rings (SSSR count). The van der Waals surface area contributed by atoms with Crippen LogP contribution in [0.2, 0.25) is 10.0 Å². The van der Waals surface area contributed by atoms with E-state index < -0.39 is 0 Å². The summed E-state index contributed by atoms with van der Waals surface area (Å²) in [5.74, 6) is 1.75. The molecule has 0 aliphatic carbocycles. The van der Waals surface area contributed by atoms with Crippen molar-refractivity contribution in [2.45, 2.75) is 0 Å². The van der Waals surface area contributed by atoms with Crippen molar-refractivity contribution >= 4 is 51.3 Å². The van der Waals surface area contributed by atoms with E-state index in [9.17, 15) is 4.79 Å². The molecule has 3 aromatic carbocycles. The van der Waals surface area contributed by atoms with E-state index >= 15 is 0 Å². The van der Waals surface area contributed by atoms with Crippen LogP contribution in [0.15, 0.2) is 104 Å². The molecular weight excluding hydrogens is 485 g/mol. The molecule has 0 N–H and O–H groups in total. The number of hydrogen-bond acceptors (Lipinski definition) is 5. The molecule has 0 radical (unpaired) electrons. The quantitative estimate of drug-likeness (QED) is 0.239. The second-order valence-electron chi connectivity index (χ2n) is 7.82. The molecule has 0 bridgehead atoms. The van der Waals surface area contributed by atoms with Crippen LogP contribution in [0, 0.1) is 0 Å². The molecule has 6 nitrogen and oxygen atoms in total. The van der Waals surface area contributed by atoms with Crippen LogP contribution >= 0.6 is 23.2 Å². The monoisotopic (exact) mass is 499 g/mol. The summed E-state index contributed by atoms with van der Waals surface area (Å²) >= 11 is 12.2. The highest BCUT2D eigenvalue weighted by Crippen LogP contribution is 2.29. The van der Waals surface area contributed by atoms with Gasteiger partial charge in [-0.25, -0.2) is 4.98 Å². The lowest BCUT2D eigenvalue weighted by Gasteiger charge is -2.06. The van der Waals surface area contributed by atoms with Crippen molar-refractivity contribution < 1.29 is 8.83 Å². The van der Waals surface area contributed by atoms with E-state index in [0.29, 0.717) is 43.8 Å². The van der Waals surface area contributed by atoms with Crippen LogP contribution < -0.4 is 5.56 Å². The Morgan fingerprint density at radius 3 is 2.57 bits per heavy atom. The summed E-state index contributed by atoms with van der Waals surface area (Å²) in [6.45, 7) is 0. The van der Waals surface area contributed by atoms with Gasteiger partial charge in [0.15, 0.2) is 5.76 Å². The first-order chi connectivity index (χ1) is 17.0. The summed E-state index contributed by atoms with van der Waals surface area (Å²) in [7, 11) is 0. The topological polar surface area (TPSA) is 73.5 Å². The number of aromatic nitrogens is 2. The summed E-state index contributed by atoms with van der Waals surface area (Å²) in [6.07, 6.45) is 1.47. The lowest BCUT2D eigenvalue weighted by molar-refractivity contribution is 0.573. The largest absolute Gasteiger partial charge is 0.455 e. The Morgan fingerprint density at radius 2 is 1.69 bits per heavy atom. The van der Waals surface area contributed by atoms with Gasteiger partial charge >= 0.3 is 0 Å². The lowest BCUT2D eigenvalue weighted by Crippen LogP contribution is -2.20. The van der Waals surface area contributed by atoms with E-state index in [-0.39, 0.29) is 11.4 Å². The Hall–Kier alpha value is -4.13. The summed E-state index contributed by atoms with van der Waals surface area (Å²) < 4.78 is 13.1. The minimum absolute atomic E-state index is 0.263. The van der Waals surface area contributed by atoms with Gasteiger partial charge in [0.25, 0.3) is 5.56 Å². The van der Waals surface area contributed by atoms with Crippen LogP contribution in [-0.2, 0) is 0 Å². The highest BCUT2D eigenvalue weighted by molar-refractivity contribution is 6.31. The SMILES string of the molecule is O=c1c2ccccc2nc(-c2cc3cc(Cl)ccc3o2)n1N=Cc1ccc(-c2cccc(Cl)c2)o1. The average molecular weight is 500 g/mol. The van der Waals surface area contributed by atoms with Crippen LogP contribution in [0.3, 0.4) is 0 Å². The van der Waals surface area contributed by atoms with Gasteiger partial charge in [0.2, 0.25) is 5.82 Å². The fourth-order valence-electron chi connectivity index (χ4n) is 3.85. The Bertz CT molecular complexity index is 1810. The molecule has 0 spiro atoms. The number of para-hydroxylation sites is 1. The first-order valence-corrected chi connectivity index (χ1v) is 11.4. The minimum atomic E-state index is -0.332. The molecule has 0 saturated heterocycles. The maximum atomic E-state index is 13.4. The molecule has 0 aliphatic rings. The van der Waals surface area contributed by atoms with Gasteiger partial charge in [-0.2, -0.15) is 9.78 Å². The molecule has 8 heteroatoms. The Labute approximate surface area is 208 Å². The van der Waals surface area contributed by atoms with Crippen molar-refractivity contribution in [3.05, 3.63) is 111 Å². The summed E-state index contributed by atoms with van der Waals surface area (Å²) in [4.78, 5) is 18.1. The molecule has 0 fully saturated rings. The predicted molar refractivity (Wildman–Crippen MR) is 138 cm³/mol. The number of furan rings is 2. The third kappa shape index (κ3) is 4.03. The van der Waals surface area contributed by atoms with Crippen LogP contribution in [0.25, 0.3) is 44.8 Å². The van der Waals surface area contributed by atoms with Crippen molar-refractivity contribution in [1.29, 1.82) is 0 Å². The molecule has 0 atom stereocenters. The molecule has 170 valence electrons. The third-order valence-electron chi connectivity index (χ3n) is 5.49. The highest BCUT2D eigenvalue weighted by Gasteiger charge is 2.17. The van der Waals surface area contributed by atoms with Crippen LogP contribution in [0.4, 0.5) is 0 Å². The fraction of sp³-hybridized carbons (Fsp3) is 0. The summed E-state index contributed by atoms with van der Waals surface area (Å²) in [5, 5.41) is 6.85. The van der Waals surface area contributed by atoms with Crippen molar-refractivity contribution in [2.75, 3.05) is 0 Å². The van der Waals surface area contributed by atoms with Gasteiger partial charge in [-0.1, -0.05) is 47.5 Å². The number of rotatable bonds is 4. The molecule has 35 heavy (non-hydrogen) atoms. The molecule has 0 unspecified atom stereocenters. The Kier molecular flexibility index (Phi) is 5.25. The number of nitrogens with zero attached hydrogens (tertiary/aromatic N) is 3.